The molecule has 0 aliphatic rings. The lowest BCUT2D eigenvalue weighted by atomic mass is 10.1. The zero-order valence-electron chi connectivity index (χ0n) is 16.8. The van der Waals surface area contributed by atoms with Crippen LogP contribution in [0.1, 0.15) is 28.9 Å². The third-order valence-corrected chi connectivity index (χ3v) is 5.09. The van der Waals surface area contributed by atoms with Gasteiger partial charge in [0.25, 0.3) is 0 Å². The van der Waals surface area contributed by atoms with E-state index in [0.29, 0.717) is 6.61 Å². The normalized spacial score (nSPS) is 11.1. The summed E-state index contributed by atoms with van der Waals surface area (Å²) in [7, 11) is 0. The van der Waals surface area contributed by atoms with Gasteiger partial charge in [-0.1, -0.05) is 48.5 Å². The maximum absolute atomic E-state index is 5.99. The number of fused-ring (bicyclic) bond motifs is 1. The van der Waals surface area contributed by atoms with Crippen LogP contribution in [-0.2, 0) is 19.6 Å². The molecular weight excluding hydrogens is 358 g/mol. The summed E-state index contributed by atoms with van der Waals surface area (Å²) >= 11 is 0. The topological polar surface area (TPSA) is 49.9 Å². The number of nitrogens with one attached hydrogen (secondary N) is 2. The molecule has 4 aromatic rings. The number of aromatic amines is 1. The molecule has 0 saturated heterocycles. The van der Waals surface area contributed by atoms with Crippen molar-refractivity contribution in [1.29, 1.82) is 0 Å². The molecule has 0 atom stereocenters. The Morgan fingerprint density at radius 3 is 2.72 bits per heavy atom. The zero-order chi connectivity index (χ0) is 19.9. The summed E-state index contributed by atoms with van der Waals surface area (Å²) < 4.78 is 5.99. The van der Waals surface area contributed by atoms with Gasteiger partial charge in [-0.3, -0.25) is 0 Å². The van der Waals surface area contributed by atoms with E-state index in [9.17, 15) is 0 Å². The van der Waals surface area contributed by atoms with Crippen LogP contribution < -0.4 is 10.1 Å². The number of nitrogens with zero attached hydrogens (tertiary/aromatic N) is 1. The van der Waals surface area contributed by atoms with Gasteiger partial charge in [-0.15, -0.1) is 0 Å². The molecule has 3 aromatic carbocycles. The van der Waals surface area contributed by atoms with E-state index in [1.54, 1.807) is 0 Å². The Kier molecular flexibility index (Phi) is 6.22. The van der Waals surface area contributed by atoms with Crippen molar-refractivity contribution in [3.05, 3.63) is 95.3 Å². The minimum absolute atomic E-state index is 0.598. The molecule has 1 aromatic heterocycles. The first-order valence-corrected chi connectivity index (χ1v) is 10.2. The highest BCUT2D eigenvalue weighted by Crippen LogP contribution is 2.17. The van der Waals surface area contributed by atoms with E-state index in [4.69, 9.17) is 4.74 Å². The minimum Gasteiger partial charge on any atom is -0.489 e. The Balaban J connectivity index is 1.21. The third-order valence-electron chi connectivity index (χ3n) is 5.09. The van der Waals surface area contributed by atoms with Crippen molar-refractivity contribution in [2.45, 2.75) is 32.9 Å². The van der Waals surface area contributed by atoms with Gasteiger partial charge in [0.15, 0.2) is 0 Å². The largest absolute Gasteiger partial charge is 0.489 e. The Hall–Kier alpha value is -3.11. The molecule has 0 amide bonds. The lowest BCUT2D eigenvalue weighted by Crippen LogP contribution is -2.15. The molecule has 0 saturated carbocycles. The van der Waals surface area contributed by atoms with Gasteiger partial charge in [-0.05, 0) is 60.8 Å². The van der Waals surface area contributed by atoms with Gasteiger partial charge < -0.3 is 15.0 Å². The first-order chi connectivity index (χ1) is 14.3. The van der Waals surface area contributed by atoms with E-state index in [0.717, 1.165) is 48.5 Å². The Bertz CT molecular complexity index is 1040. The number of benzene rings is 3. The van der Waals surface area contributed by atoms with Gasteiger partial charge >= 0.3 is 0 Å². The molecule has 29 heavy (non-hydrogen) atoms. The van der Waals surface area contributed by atoms with Gasteiger partial charge in [0.1, 0.15) is 18.2 Å². The molecule has 0 aliphatic carbocycles. The molecule has 148 valence electrons. The summed E-state index contributed by atoms with van der Waals surface area (Å²) in [6.45, 7) is 4.50. The molecule has 0 fully saturated rings. The van der Waals surface area contributed by atoms with Crippen molar-refractivity contribution in [1.82, 2.24) is 15.3 Å². The lowest BCUT2D eigenvalue weighted by molar-refractivity contribution is 0.305. The number of aryl methyl sites for hydroxylation is 2. The number of imidazole rings is 1. The summed E-state index contributed by atoms with van der Waals surface area (Å²) in [5, 5.41) is 3.52. The first kappa shape index (κ1) is 19.2. The van der Waals surface area contributed by atoms with Crippen molar-refractivity contribution >= 4 is 11.0 Å². The molecule has 4 nitrogen and oxygen atoms in total. The number of para-hydroxylation sites is 2. The number of hydrogen-bond acceptors (Lipinski definition) is 3. The van der Waals surface area contributed by atoms with Crippen LogP contribution in [0, 0.1) is 6.92 Å². The van der Waals surface area contributed by atoms with Crippen LogP contribution in [-0.4, -0.2) is 16.5 Å². The number of ether oxygens (including phenoxy) is 1. The minimum atomic E-state index is 0.598. The third kappa shape index (κ3) is 5.24. The quantitative estimate of drug-likeness (QED) is 0.391. The van der Waals surface area contributed by atoms with Crippen LogP contribution in [0.4, 0.5) is 0 Å². The van der Waals surface area contributed by atoms with E-state index in [-0.39, 0.29) is 0 Å². The Labute approximate surface area is 172 Å². The lowest BCUT2D eigenvalue weighted by Gasteiger charge is -2.10. The maximum atomic E-state index is 5.99. The summed E-state index contributed by atoms with van der Waals surface area (Å²) in [6.07, 6.45) is 1.99. The van der Waals surface area contributed by atoms with Crippen LogP contribution in [0.3, 0.4) is 0 Å². The predicted molar refractivity (Wildman–Crippen MR) is 118 cm³/mol. The fourth-order valence-electron chi connectivity index (χ4n) is 3.42. The van der Waals surface area contributed by atoms with Crippen LogP contribution in [0.2, 0.25) is 0 Å². The van der Waals surface area contributed by atoms with Crippen LogP contribution in [0.5, 0.6) is 5.75 Å². The summed E-state index contributed by atoms with van der Waals surface area (Å²) in [5.41, 5.74) is 5.86. The molecule has 2 N–H and O–H groups in total. The standard InChI is InChI=1S/C25H27N3O/c1-19-8-2-3-10-21(19)18-29-22-11-6-9-20(16-22)17-26-15-7-14-25-27-23-12-4-5-13-24(23)28-25/h2-6,8-13,16,26H,7,14-15,17-18H2,1H3,(H,27,28). The zero-order valence-corrected chi connectivity index (χ0v) is 16.8. The summed E-state index contributed by atoms with van der Waals surface area (Å²) in [4.78, 5) is 8.02. The SMILES string of the molecule is Cc1ccccc1COc1cccc(CNCCCc2nc3ccccc3[nH]2)c1. The van der Waals surface area contributed by atoms with Gasteiger partial charge in [0, 0.05) is 13.0 Å². The van der Waals surface area contributed by atoms with Crippen molar-refractivity contribution in [3.63, 3.8) is 0 Å². The Morgan fingerprint density at radius 1 is 0.966 bits per heavy atom. The Morgan fingerprint density at radius 2 is 1.83 bits per heavy atom. The molecule has 4 rings (SSSR count). The molecule has 0 radical (unpaired) electrons. The fourth-order valence-corrected chi connectivity index (χ4v) is 3.42. The van der Waals surface area contributed by atoms with Gasteiger partial charge in [0.2, 0.25) is 0 Å². The highest BCUT2D eigenvalue weighted by Gasteiger charge is 2.03. The number of H-pyrrole nitrogens is 1. The van der Waals surface area contributed by atoms with E-state index in [1.807, 2.05) is 24.3 Å². The van der Waals surface area contributed by atoms with Crippen molar-refractivity contribution in [2.24, 2.45) is 0 Å². The summed E-state index contributed by atoms with van der Waals surface area (Å²) in [5.74, 6) is 1.97. The van der Waals surface area contributed by atoms with Crippen LogP contribution in [0.25, 0.3) is 11.0 Å². The highest BCUT2D eigenvalue weighted by molar-refractivity contribution is 5.74. The predicted octanol–water partition coefficient (Wildman–Crippen LogP) is 5.17. The molecule has 0 aliphatic heterocycles. The number of aromatic nitrogens is 2. The second-order valence-electron chi connectivity index (χ2n) is 7.34. The molecular formula is C25H27N3O. The van der Waals surface area contributed by atoms with E-state index in [2.05, 4.69) is 70.7 Å². The smallest absolute Gasteiger partial charge is 0.120 e. The fraction of sp³-hybridized carbons (Fsp3) is 0.240. The van der Waals surface area contributed by atoms with Gasteiger partial charge in [-0.2, -0.15) is 0 Å². The van der Waals surface area contributed by atoms with E-state index in [1.165, 1.54) is 16.7 Å². The summed E-state index contributed by atoms with van der Waals surface area (Å²) in [6, 6.07) is 24.8. The van der Waals surface area contributed by atoms with Gasteiger partial charge in [0.05, 0.1) is 11.0 Å². The van der Waals surface area contributed by atoms with Crippen molar-refractivity contribution < 1.29 is 4.74 Å². The van der Waals surface area contributed by atoms with Crippen LogP contribution in [0.15, 0.2) is 72.8 Å². The average Bonchev–Trinajstić information content (AvgIpc) is 3.16. The molecule has 1 heterocycles. The van der Waals surface area contributed by atoms with Crippen molar-refractivity contribution in [3.8, 4) is 5.75 Å². The van der Waals surface area contributed by atoms with E-state index >= 15 is 0 Å². The molecule has 4 heteroatoms. The number of rotatable bonds is 9. The molecule has 0 unspecified atom stereocenters. The maximum Gasteiger partial charge on any atom is 0.120 e. The second-order valence-corrected chi connectivity index (χ2v) is 7.34. The molecule has 0 spiro atoms. The first-order valence-electron chi connectivity index (χ1n) is 10.2. The number of hydrogen-bond donors (Lipinski definition) is 2. The monoisotopic (exact) mass is 385 g/mol. The van der Waals surface area contributed by atoms with E-state index < -0.39 is 0 Å². The van der Waals surface area contributed by atoms with Crippen molar-refractivity contribution in [2.75, 3.05) is 6.54 Å². The highest BCUT2D eigenvalue weighted by atomic mass is 16.5. The molecule has 0 bridgehead atoms. The average molecular weight is 386 g/mol. The van der Waals surface area contributed by atoms with Crippen LogP contribution >= 0.6 is 0 Å². The van der Waals surface area contributed by atoms with Gasteiger partial charge in [-0.25, -0.2) is 4.98 Å². The second kappa shape index (κ2) is 9.39.